The number of hydrogen-bond acceptors (Lipinski definition) is 3. The quantitative estimate of drug-likeness (QED) is 0.704. The molecule has 0 saturated carbocycles. The fraction of sp³-hybridized carbons (Fsp3) is 0.381. The molecule has 1 aromatic heterocycles. The number of halogens is 1. The van der Waals surface area contributed by atoms with E-state index >= 15 is 0 Å². The topological polar surface area (TPSA) is 50.3 Å². The van der Waals surface area contributed by atoms with Gasteiger partial charge >= 0.3 is 5.69 Å². The Labute approximate surface area is 156 Å². The van der Waals surface area contributed by atoms with E-state index in [1.807, 2.05) is 16.7 Å². The Balaban J connectivity index is 1.21. The summed E-state index contributed by atoms with van der Waals surface area (Å²) >= 11 is 0. The molecule has 0 aliphatic carbocycles. The van der Waals surface area contributed by atoms with Crippen LogP contribution in [0.5, 0.6) is 5.75 Å². The molecule has 3 aromatic rings. The normalized spacial score (nSPS) is 21.5. The molecular formula is C21H22FN3O2. The number of imidazole rings is 1. The first-order valence-electron chi connectivity index (χ1n) is 9.54. The van der Waals surface area contributed by atoms with Gasteiger partial charge < -0.3 is 14.6 Å². The number of para-hydroxylation sites is 1. The molecule has 2 aliphatic rings. The average Bonchev–Trinajstić information content (AvgIpc) is 3.19. The lowest BCUT2D eigenvalue weighted by molar-refractivity contribution is 0.158. The van der Waals surface area contributed by atoms with E-state index in [4.69, 9.17) is 4.74 Å². The predicted octanol–water partition coefficient (Wildman–Crippen LogP) is 3.28. The second-order valence-electron chi connectivity index (χ2n) is 7.46. The van der Waals surface area contributed by atoms with Crippen molar-refractivity contribution in [3.8, 4) is 5.75 Å². The Hall–Kier alpha value is -2.60. The monoisotopic (exact) mass is 367 g/mol. The molecule has 2 atom stereocenters. The highest BCUT2D eigenvalue weighted by molar-refractivity contribution is 5.81. The summed E-state index contributed by atoms with van der Waals surface area (Å²) in [6.07, 6.45) is 1.91. The minimum Gasteiger partial charge on any atom is -0.494 e. The zero-order valence-corrected chi connectivity index (χ0v) is 15.0. The van der Waals surface area contributed by atoms with Gasteiger partial charge in [-0.2, -0.15) is 0 Å². The van der Waals surface area contributed by atoms with Crippen LogP contribution in [0.3, 0.4) is 0 Å². The van der Waals surface area contributed by atoms with Crippen LogP contribution >= 0.6 is 0 Å². The smallest absolute Gasteiger partial charge is 0.326 e. The number of aromatic amines is 1. The molecule has 3 heterocycles. The Morgan fingerprint density at radius 3 is 2.89 bits per heavy atom. The van der Waals surface area contributed by atoms with Crippen molar-refractivity contribution >= 4 is 11.0 Å². The van der Waals surface area contributed by atoms with Gasteiger partial charge in [-0.05, 0) is 48.7 Å². The number of hydrogen-bond donors (Lipinski definition) is 1. The van der Waals surface area contributed by atoms with Gasteiger partial charge in [0.15, 0.2) is 0 Å². The van der Waals surface area contributed by atoms with Crippen molar-refractivity contribution in [2.24, 2.45) is 0 Å². The van der Waals surface area contributed by atoms with Gasteiger partial charge in [0.2, 0.25) is 0 Å². The van der Waals surface area contributed by atoms with Gasteiger partial charge in [-0.25, -0.2) is 9.18 Å². The molecule has 0 amide bonds. The maximum Gasteiger partial charge on any atom is 0.326 e. The number of likely N-dealkylation sites (tertiary alicyclic amines) is 1. The van der Waals surface area contributed by atoms with Crippen LogP contribution in [0, 0.1) is 5.82 Å². The number of rotatable bonds is 5. The van der Waals surface area contributed by atoms with Crippen LogP contribution in [0.1, 0.15) is 30.4 Å². The molecule has 1 N–H and O–H groups in total. The highest BCUT2D eigenvalue weighted by Gasteiger charge is 2.39. The largest absolute Gasteiger partial charge is 0.494 e. The first kappa shape index (κ1) is 16.6. The van der Waals surface area contributed by atoms with Gasteiger partial charge in [-0.3, -0.25) is 4.57 Å². The number of nitrogens with zero attached hydrogens (tertiary/aromatic N) is 2. The van der Waals surface area contributed by atoms with Crippen LogP contribution in [-0.4, -0.2) is 40.7 Å². The van der Waals surface area contributed by atoms with Crippen LogP contribution in [0.25, 0.3) is 11.0 Å². The van der Waals surface area contributed by atoms with Gasteiger partial charge in [-0.1, -0.05) is 12.1 Å². The Morgan fingerprint density at radius 2 is 2.04 bits per heavy atom. The number of fused-ring (bicyclic) bond motifs is 3. The van der Waals surface area contributed by atoms with Gasteiger partial charge in [0.05, 0.1) is 17.6 Å². The summed E-state index contributed by atoms with van der Waals surface area (Å²) in [5.74, 6) is 0.843. The molecular weight excluding hydrogens is 345 g/mol. The van der Waals surface area contributed by atoms with E-state index in [0.717, 1.165) is 43.5 Å². The molecule has 1 unspecified atom stereocenters. The average molecular weight is 367 g/mol. The summed E-state index contributed by atoms with van der Waals surface area (Å²) in [7, 11) is 0. The second kappa shape index (κ2) is 6.53. The van der Waals surface area contributed by atoms with Crippen LogP contribution in [0.15, 0.2) is 47.3 Å². The standard InChI is InChI=1S/C21H22FN3O2/c22-14-5-7-15(8-6-14)27-12-2-10-24-11-9-19-17(13-24)16-3-1-4-18-20(16)25(19)21(26)23-18/h1,3-8,17,19H,2,9-13H2,(H,23,26)/t17-,19?/m0/s1. The van der Waals surface area contributed by atoms with Crippen LogP contribution in [-0.2, 0) is 0 Å². The number of H-pyrrole nitrogens is 1. The lowest BCUT2D eigenvalue weighted by Crippen LogP contribution is -2.40. The van der Waals surface area contributed by atoms with E-state index in [2.05, 4.69) is 16.0 Å². The van der Waals surface area contributed by atoms with Gasteiger partial charge in [-0.15, -0.1) is 0 Å². The van der Waals surface area contributed by atoms with Crippen molar-refractivity contribution in [2.45, 2.75) is 24.8 Å². The molecule has 0 spiro atoms. The number of aromatic nitrogens is 2. The molecule has 5 rings (SSSR count). The third-order valence-electron chi connectivity index (χ3n) is 5.86. The summed E-state index contributed by atoms with van der Waals surface area (Å²) in [5, 5.41) is 0. The highest BCUT2D eigenvalue weighted by Crippen LogP contribution is 2.44. The molecule has 0 bridgehead atoms. The van der Waals surface area contributed by atoms with Gasteiger partial charge in [0.25, 0.3) is 0 Å². The minimum atomic E-state index is -0.249. The molecule has 0 radical (unpaired) electrons. The second-order valence-corrected chi connectivity index (χ2v) is 7.46. The van der Waals surface area contributed by atoms with Crippen molar-refractivity contribution in [3.63, 3.8) is 0 Å². The maximum atomic E-state index is 12.9. The first-order chi connectivity index (χ1) is 13.2. The van der Waals surface area contributed by atoms with E-state index in [1.165, 1.54) is 17.7 Å². The van der Waals surface area contributed by atoms with E-state index < -0.39 is 0 Å². The zero-order valence-electron chi connectivity index (χ0n) is 15.0. The summed E-state index contributed by atoms with van der Waals surface area (Å²) < 4.78 is 20.6. The highest BCUT2D eigenvalue weighted by atomic mass is 19.1. The van der Waals surface area contributed by atoms with Crippen molar-refractivity contribution in [3.05, 3.63) is 64.3 Å². The number of benzene rings is 2. The molecule has 5 nitrogen and oxygen atoms in total. The van der Waals surface area contributed by atoms with Crippen molar-refractivity contribution < 1.29 is 9.13 Å². The fourth-order valence-corrected chi connectivity index (χ4v) is 4.66. The van der Waals surface area contributed by atoms with Gasteiger partial charge in [0.1, 0.15) is 11.6 Å². The van der Waals surface area contributed by atoms with E-state index in [9.17, 15) is 9.18 Å². The maximum absolute atomic E-state index is 12.9. The molecule has 1 saturated heterocycles. The zero-order chi connectivity index (χ0) is 18.4. The number of piperidine rings is 1. The predicted molar refractivity (Wildman–Crippen MR) is 102 cm³/mol. The fourth-order valence-electron chi connectivity index (χ4n) is 4.66. The van der Waals surface area contributed by atoms with Crippen molar-refractivity contribution in [1.29, 1.82) is 0 Å². The third kappa shape index (κ3) is 2.84. The van der Waals surface area contributed by atoms with Crippen LogP contribution in [0.2, 0.25) is 0 Å². The summed E-state index contributed by atoms with van der Waals surface area (Å²) in [6, 6.07) is 12.6. The van der Waals surface area contributed by atoms with Crippen molar-refractivity contribution in [2.75, 3.05) is 26.2 Å². The molecule has 1 fully saturated rings. The molecule has 27 heavy (non-hydrogen) atoms. The SMILES string of the molecule is O=c1[nH]c2cccc3c2n1C1CCN(CCCOc2ccc(F)cc2)C[C@@H]31. The molecule has 6 heteroatoms. The van der Waals surface area contributed by atoms with E-state index in [0.29, 0.717) is 18.3 Å². The lowest BCUT2D eigenvalue weighted by Gasteiger charge is -2.35. The lowest BCUT2D eigenvalue weighted by atomic mass is 9.88. The Kier molecular flexibility index (Phi) is 4.01. The van der Waals surface area contributed by atoms with Crippen LogP contribution < -0.4 is 10.4 Å². The summed E-state index contributed by atoms with van der Waals surface area (Å²) in [4.78, 5) is 17.8. The summed E-state index contributed by atoms with van der Waals surface area (Å²) in [6.45, 7) is 3.55. The number of nitrogens with one attached hydrogen (secondary N) is 1. The molecule has 140 valence electrons. The van der Waals surface area contributed by atoms with Gasteiger partial charge in [0, 0.05) is 31.6 Å². The first-order valence-corrected chi connectivity index (χ1v) is 9.54. The Bertz CT molecular complexity index is 1020. The minimum absolute atomic E-state index is 0.0195. The number of ether oxygens (including phenoxy) is 1. The van der Waals surface area contributed by atoms with E-state index in [-0.39, 0.29) is 17.5 Å². The molecule has 2 aliphatic heterocycles. The molecule has 2 aromatic carbocycles. The van der Waals surface area contributed by atoms with Crippen LogP contribution in [0.4, 0.5) is 4.39 Å². The van der Waals surface area contributed by atoms with E-state index in [1.54, 1.807) is 12.1 Å². The Morgan fingerprint density at radius 1 is 1.19 bits per heavy atom. The summed E-state index contributed by atoms with van der Waals surface area (Å²) in [5.41, 5.74) is 3.36. The van der Waals surface area contributed by atoms with Crippen molar-refractivity contribution in [1.82, 2.24) is 14.5 Å². The third-order valence-corrected chi connectivity index (χ3v) is 5.86.